The number of halogens is 1. The van der Waals surface area contributed by atoms with Crippen LogP contribution in [0, 0.1) is 0 Å². The van der Waals surface area contributed by atoms with Crippen LogP contribution in [0.5, 0.6) is 5.75 Å². The number of hydrogen-bond donors (Lipinski definition) is 0. The van der Waals surface area contributed by atoms with Crippen LogP contribution in [0.3, 0.4) is 0 Å². The van der Waals surface area contributed by atoms with Gasteiger partial charge < -0.3 is 9.47 Å². The summed E-state index contributed by atoms with van der Waals surface area (Å²) in [7, 11) is 3.20. The number of ketones is 1. The zero-order valence-electron chi connectivity index (χ0n) is 11.6. The molecule has 0 bridgehead atoms. The van der Waals surface area contributed by atoms with E-state index < -0.39 is 0 Å². The molecule has 1 aromatic rings. The van der Waals surface area contributed by atoms with Crippen molar-refractivity contribution in [2.24, 2.45) is 0 Å². The second-order valence-corrected chi connectivity index (χ2v) is 4.54. The molecule has 0 N–H and O–H groups in total. The largest absolute Gasteiger partial charge is 0.495 e. The highest BCUT2D eigenvalue weighted by molar-refractivity contribution is 6.32. The highest BCUT2D eigenvalue weighted by Crippen LogP contribution is 2.25. The molecule has 1 rings (SSSR count). The molecule has 0 aliphatic carbocycles. The van der Waals surface area contributed by atoms with Crippen molar-refractivity contribution in [3.63, 3.8) is 0 Å². The lowest BCUT2D eigenvalue weighted by atomic mass is 10.1. The van der Waals surface area contributed by atoms with Gasteiger partial charge in [-0.15, -0.1) is 0 Å². The number of benzene rings is 1. The number of carbonyl (C=O) groups excluding carboxylic acids is 1. The quantitative estimate of drug-likeness (QED) is 0.688. The number of ether oxygens (including phenoxy) is 2. The van der Waals surface area contributed by atoms with Gasteiger partial charge in [-0.3, -0.25) is 9.69 Å². The summed E-state index contributed by atoms with van der Waals surface area (Å²) in [6, 6.07) is 5.09. The SMILES string of the molecule is CCN(CCOC)CC(=O)c1ccc(OC)c(Cl)c1. The van der Waals surface area contributed by atoms with Crippen LogP contribution >= 0.6 is 11.6 Å². The highest BCUT2D eigenvalue weighted by Gasteiger charge is 2.13. The lowest BCUT2D eigenvalue weighted by Gasteiger charge is -2.19. The Bertz CT molecular complexity index is 423. The second-order valence-electron chi connectivity index (χ2n) is 4.13. The normalized spacial score (nSPS) is 10.8. The molecule has 0 fully saturated rings. The first kappa shape index (κ1) is 16.0. The van der Waals surface area contributed by atoms with Gasteiger partial charge in [0, 0.05) is 19.2 Å². The van der Waals surface area contributed by atoms with Gasteiger partial charge >= 0.3 is 0 Å². The molecule has 0 atom stereocenters. The van der Waals surface area contributed by atoms with Gasteiger partial charge in [0.2, 0.25) is 0 Å². The summed E-state index contributed by atoms with van der Waals surface area (Å²) in [5, 5.41) is 0.452. The van der Waals surface area contributed by atoms with E-state index in [1.807, 2.05) is 11.8 Å². The summed E-state index contributed by atoms with van der Waals surface area (Å²) in [4.78, 5) is 14.2. The first-order valence-electron chi connectivity index (χ1n) is 6.20. The van der Waals surface area contributed by atoms with Crippen molar-refractivity contribution in [2.75, 3.05) is 40.5 Å². The second kappa shape index (κ2) is 8.15. The fourth-order valence-corrected chi connectivity index (χ4v) is 1.96. The zero-order valence-corrected chi connectivity index (χ0v) is 12.4. The number of rotatable bonds is 8. The highest BCUT2D eigenvalue weighted by atomic mass is 35.5. The molecule has 4 nitrogen and oxygen atoms in total. The van der Waals surface area contributed by atoms with E-state index in [9.17, 15) is 4.79 Å². The van der Waals surface area contributed by atoms with E-state index >= 15 is 0 Å². The molecule has 0 saturated carbocycles. The van der Waals surface area contributed by atoms with Gasteiger partial charge in [0.15, 0.2) is 5.78 Å². The van der Waals surface area contributed by atoms with Crippen LogP contribution < -0.4 is 4.74 Å². The van der Waals surface area contributed by atoms with Crippen molar-refractivity contribution in [1.29, 1.82) is 0 Å². The number of methoxy groups -OCH3 is 2. The maximum Gasteiger partial charge on any atom is 0.176 e. The van der Waals surface area contributed by atoms with E-state index in [0.717, 1.165) is 13.1 Å². The van der Waals surface area contributed by atoms with Gasteiger partial charge in [-0.05, 0) is 24.7 Å². The number of likely N-dealkylation sites (N-methyl/N-ethyl adjacent to an activating group) is 1. The van der Waals surface area contributed by atoms with Crippen LogP contribution in [-0.2, 0) is 4.74 Å². The molecule has 0 aromatic heterocycles. The molecule has 0 saturated heterocycles. The van der Waals surface area contributed by atoms with Crippen LogP contribution in [-0.4, -0.2) is 51.1 Å². The van der Waals surface area contributed by atoms with Crippen molar-refractivity contribution in [2.45, 2.75) is 6.92 Å². The van der Waals surface area contributed by atoms with E-state index in [1.54, 1.807) is 32.4 Å². The average Bonchev–Trinajstić information content (AvgIpc) is 2.43. The van der Waals surface area contributed by atoms with Crippen molar-refractivity contribution in [3.8, 4) is 5.75 Å². The Kier molecular flexibility index (Phi) is 6.84. The standard InChI is InChI=1S/C14H20ClNO3/c1-4-16(7-8-18-2)10-13(17)11-5-6-14(19-3)12(15)9-11/h5-6,9H,4,7-8,10H2,1-3H3. The molecule has 106 valence electrons. The summed E-state index contributed by atoms with van der Waals surface area (Å²) in [6.45, 7) is 4.54. The van der Waals surface area contributed by atoms with Crippen molar-refractivity contribution in [1.82, 2.24) is 4.90 Å². The molecule has 0 heterocycles. The molecule has 0 radical (unpaired) electrons. The fraction of sp³-hybridized carbons (Fsp3) is 0.500. The number of hydrogen-bond acceptors (Lipinski definition) is 4. The summed E-state index contributed by atoms with van der Waals surface area (Å²) in [5.41, 5.74) is 0.599. The molecule has 0 spiro atoms. The predicted octanol–water partition coefficient (Wildman–Crippen LogP) is 2.50. The lowest BCUT2D eigenvalue weighted by Crippen LogP contribution is -2.32. The smallest absolute Gasteiger partial charge is 0.176 e. The van der Waals surface area contributed by atoms with E-state index in [-0.39, 0.29) is 5.78 Å². The Morgan fingerprint density at radius 3 is 2.63 bits per heavy atom. The minimum Gasteiger partial charge on any atom is -0.495 e. The number of Topliss-reactive ketones (excluding diaryl/α,β-unsaturated/α-hetero) is 1. The summed E-state index contributed by atoms with van der Waals surface area (Å²) in [6.07, 6.45) is 0. The van der Waals surface area contributed by atoms with Crippen LogP contribution in [0.1, 0.15) is 17.3 Å². The lowest BCUT2D eigenvalue weighted by molar-refractivity contribution is 0.0902. The summed E-state index contributed by atoms with van der Waals surface area (Å²) >= 11 is 6.02. The first-order chi connectivity index (χ1) is 9.12. The molecule has 5 heteroatoms. The van der Waals surface area contributed by atoms with E-state index in [1.165, 1.54) is 0 Å². The van der Waals surface area contributed by atoms with Crippen LogP contribution in [0.25, 0.3) is 0 Å². The van der Waals surface area contributed by atoms with Crippen molar-refractivity contribution < 1.29 is 14.3 Å². The minimum absolute atomic E-state index is 0.0440. The van der Waals surface area contributed by atoms with Crippen LogP contribution in [0.15, 0.2) is 18.2 Å². The maximum absolute atomic E-state index is 12.1. The Labute approximate surface area is 119 Å². The molecular weight excluding hydrogens is 266 g/mol. The Hall–Kier alpha value is -1.10. The van der Waals surface area contributed by atoms with Gasteiger partial charge in [0.05, 0.1) is 25.3 Å². The molecular formula is C14H20ClNO3. The van der Waals surface area contributed by atoms with Crippen molar-refractivity contribution >= 4 is 17.4 Å². The number of carbonyl (C=O) groups is 1. The predicted molar refractivity (Wildman–Crippen MR) is 76.3 cm³/mol. The van der Waals surface area contributed by atoms with E-state index in [2.05, 4.69) is 0 Å². The average molecular weight is 286 g/mol. The zero-order chi connectivity index (χ0) is 14.3. The van der Waals surface area contributed by atoms with E-state index in [4.69, 9.17) is 21.1 Å². The summed E-state index contributed by atoms with van der Waals surface area (Å²) < 4.78 is 10.1. The molecule has 0 unspecified atom stereocenters. The Morgan fingerprint density at radius 1 is 1.37 bits per heavy atom. The van der Waals surface area contributed by atoms with Gasteiger partial charge in [0.1, 0.15) is 5.75 Å². The molecule has 0 aliphatic rings. The molecule has 1 aromatic carbocycles. The van der Waals surface area contributed by atoms with Crippen LogP contribution in [0.2, 0.25) is 5.02 Å². The minimum atomic E-state index is 0.0440. The Morgan fingerprint density at radius 2 is 2.11 bits per heavy atom. The Balaban J connectivity index is 2.69. The third-order valence-electron chi connectivity index (χ3n) is 2.90. The maximum atomic E-state index is 12.1. The number of nitrogens with zero attached hydrogens (tertiary/aromatic N) is 1. The van der Waals surface area contributed by atoms with Gasteiger partial charge in [-0.1, -0.05) is 18.5 Å². The van der Waals surface area contributed by atoms with Gasteiger partial charge in [-0.25, -0.2) is 0 Å². The topological polar surface area (TPSA) is 38.8 Å². The molecule has 19 heavy (non-hydrogen) atoms. The first-order valence-corrected chi connectivity index (χ1v) is 6.58. The van der Waals surface area contributed by atoms with Gasteiger partial charge in [-0.2, -0.15) is 0 Å². The van der Waals surface area contributed by atoms with Gasteiger partial charge in [0.25, 0.3) is 0 Å². The monoisotopic (exact) mass is 285 g/mol. The third kappa shape index (κ3) is 4.82. The third-order valence-corrected chi connectivity index (χ3v) is 3.20. The summed E-state index contributed by atoms with van der Waals surface area (Å²) in [5.74, 6) is 0.618. The molecule has 0 amide bonds. The van der Waals surface area contributed by atoms with Crippen molar-refractivity contribution in [3.05, 3.63) is 28.8 Å². The fourth-order valence-electron chi connectivity index (χ4n) is 1.70. The van der Waals surface area contributed by atoms with Crippen LogP contribution in [0.4, 0.5) is 0 Å². The van der Waals surface area contributed by atoms with E-state index in [0.29, 0.717) is 29.5 Å². The molecule has 0 aliphatic heterocycles.